The molecule has 5 nitrogen and oxygen atoms in total. The van der Waals surface area contributed by atoms with E-state index in [0.717, 1.165) is 28.5 Å². The zero-order valence-corrected chi connectivity index (χ0v) is 14.8. The summed E-state index contributed by atoms with van der Waals surface area (Å²) in [5.74, 6) is -1.20. The van der Waals surface area contributed by atoms with Crippen LogP contribution in [0.4, 0.5) is 13.2 Å². The van der Waals surface area contributed by atoms with E-state index in [1.54, 1.807) is 0 Å². The van der Waals surface area contributed by atoms with E-state index >= 15 is 0 Å². The Morgan fingerprint density at radius 3 is 2.39 bits per heavy atom. The Morgan fingerprint density at radius 1 is 0.964 bits per heavy atom. The van der Waals surface area contributed by atoms with Gasteiger partial charge in [0.05, 0.1) is 17.7 Å². The molecular formula is C20H16F3N3O2. The van der Waals surface area contributed by atoms with E-state index in [1.165, 1.54) is 6.92 Å². The summed E-state index contributed by atoms with van der Waals surface area (Å²) in [5.41, 5.74) is 4.05. The maximum atomic E-state index is 12.7. The van der Waals surface area contributed by atoms with E-state index in [0.29, 0.717) is 0 Å². The molecule has 0 atom stereocenters. The largest absolute Gasteiger partial charge is 0.433 e. The second kappa shape index (κ2) is 7.67. The molecule has 1 heterocycles. The van der Waals surface area contributed by atoms with E-state index in [1.807, 2.05) is 42.5 Å². The second-order valence-corrected chi connectivity index (χ2v) is 6.14. The molecule has 3 aromatic rings. The first-order valence-electron chi connectivity index (χ1n) is 8.36. The lowest BCUT2D eigenvalue weighted by Crippen LogP contribution is -2.42. The van der Waals surface area contributed by atoms with Gasteiger partial charge in [-0.25, -0.2) is 4.98 Å². The lowest BCUT2D eigenvalue weighted by atomic mass is 10.0. The molecule has 0 saturated heterocycles. The average molecular weight is 387 g/mol. The van der Waals surface area contributed by atoms with Gasteiger partial charge in [-0.1, -0.05) is 42.5 Å². The number of hydrazine groups is 1. The Labute approximate surface area is 158 Å². The van der Waals surface area contributed by atoms with Crippen LogP contribution in [0.1, 0.15) is 27.3 Å². The number of hydrogen-bond acceptors (Lipinski definition) is 3. The summed E-state index contributed by atoms with van der Waals surface area (Å²) in [4.78, 5) is 27.7. The third kappa shape index (κ3) is 4.28. The number of amides is 2. The molecule has 8 heteroatoms. The van der Waals surface area contributed by atoms with E-state index in [-0.39, 0.29) is 17.7 Å². The SMILES string of the molecule is Cc1nc(C(F)(F)F)ccc1C(=O)NNC(=O)Cc1cccc2ccccc12. The smallest absolute Gasteiger partial charge is 0.273 e. The molecule has 0 fully saturated rings. The number of nitrogens with zero attached hydrogens (tertiary/aromatic N) is 1. The molecule has 0 radical (unpaired) electrons. The predicted molar refractivity (Wildman–Crippen MR) is 97.2 cm³/mol. The summed E-state index contributed by atoms with van der Waals surface area (Å²) in [7, 11) is 0. The number of alkyl halides is 3. The van der Waals surface area contributed by atoms with Crippen molar-refractivity contribution in [3.63, 3.8) is 0 Å². The van der Waals surface area contributed by atoms with E-state index < -0.39 is 23.7 Å². The summed E-state index contributed by atoms with van der Waals surface area (Å²) in [5, 5.41) is 1.91. The number of benzene rings is 2. The Kier molecular flexibility index (Phi) is 5.30. The van der Waals surface area contributed by atoms with Crippen molar-refractivity contribution >= 4 is 22.6 Å². The second-order valence-electron chi connectivity index (χ2n) is 6.14. The van der Waals surface area contributed by atoms with Gasteiger partial charge >= 0.3 is 6.18 Å². The van der Waals surface area contributed by atoms with Gasteiger partial charge in [0.2, 0.25) is 5.91 Å². The lowest BCUT2D eigenvalue weighted by molar-refractivity contribution is -0.141. The molecule has 0 unspecified atom stereocenters. The summed E-state index contributed by atoms with van der Waals surface area (Å²) in [6.45, 7) is 1.29. The predicted octanol–water partition coefficient (Wildman–Crippen LogP) is 3.57. The first kappa shape index (κ1) is 19.3. The zero-order valence-electron chi connectivity index (χ0n) is 14.8. The molecule has 2 N–H and O–H groups in total. The fraction of sp³-hybridized carbons (Fsp3) is 0.150. The highest BCUT2D eigenvalue weighted by Crippen LogP contribution is 2.28. The number of aromatic nitrogens is 1. The Bertz CT molecular complexity index is 1040. The first-order chi connectivity index (χ1) is 13.3. The maximum Gasteiger partial charge on any atom is 0.433 e. The summed E-state index contributed by atoms with van der Waals surface area (Å²) < 4.78 is 38.0. The minimum absolute atomic E-state index is 0.0336. The molecule has 0 aliphatic carbocycles. The molecular weight excluding hydrogens is 371 g/mol. The van der Waals surface area contributed by atoms with E-state index in [4.69, 9.17) is 0 Å². The Hall–Kier alpha value is -3.42. The number of carbonyl (C=O) groups is 2. The molecule has 0 spiro atoms. The number of hydrogen-bond donors (Lipinski definition) is 2. The van der Waals surface area contributed by atoms with Gasteiger partial charge in [-0.15, -0.1) is 0 Å². The van der Waals surface area contributed by atoms with Gasteiger partial charge in [-0.3, -0.25) is 20.4 Å². The molecule has 2 aromatic carbocycles. The van der Waals surface area contributed by atoms with Gasteiger partial charge in [-0.2, -0.15) is 13.2 Å². The van der Waals surface area contributed by atoms with Gasteiger partial charge in [0.25, 0.3) is 5.91 Å². The third-order valence-corrected chi connectivity index (χ3v) is 4.17. The van der Waals surface area contributed by atoms with Crippen molar-refractivity contribution in [1.82, 2.24) is 15.8 Å². The van der Waals surface area contributed by atoms with Gasteiger partial charge in [0.15, 0.2) is 0 Å². The van der Waals surface area contributed by atoms with Crippen molar-refractivity contribution < 1.29 is 22.8 Å². The molecule has 2 amide bonds. The van der Waals surface area contributed by atoms with Crippen LogP contribution in [0.3, 0.4) is 0 Å². The standard InChI is InChI=1S/C20H16F3N3O2/c1-12-15(9-10-17(24-12)20(21,22)23)19(28)26-25-18(27)11-14-7-4-6-13-5-2-3-8-16(13)14/h2-10H,11H2,1H3,(H,25,27)(H,26,28). The van der Waals surface area contributed by atoms with Crippen LogP contribution in [0.5, 0.6) is 0 Å². The quantitative estimate of drug-likeness (QED) is 0.675. The summed E-state index contributed by atoms with van der Waals surface area (Å²) in [6, 6.07) is 14.9. The fourth-order valence-corrected chi connectivity index (χ4v) is 2.82. The van der Waals surface area contributed by atoms with Gasteiger partial charge in [0, 0.05) is 0 Å². The fourth-order valence-electron chi connectivity index (χ4n) is 2.82. The highest BCUT2D eigenvalue weighted by Gasteiger charge is 2.33. The van der Waals surface area contributed by atoms with Crippen molar-refractivity contribution in [3.8, 4) is 0 Å². The van der Waals surface area contributed by atoms with Crippen LogP contribution < -0.4 is 10.9 Å². The van der Waals surface area contributed by atoms with Crippen molar-refractivity contribution in [3.05, 3.63) is 77.1 Å². The van der Waals surface area contributed by atoms with Crippen molar-refractivity contribution in [2.45, 2.75) is 19.5 Å². The van der Waals surface area contributed by atoms with Gasteiger partial charge < -0.3 is 0 Å². The highest BCUT2D eigenvalue weighted by atomic mass is 19.4. The topological polar surface area (TPSA) is 71.1 Å². The highest BCUT2D eigenvalue weighted by molar-refractivity contribution is 5.97. The third-order valence-electron chi connectivity index (χ3n) is 4.17. The molecule has 1 aromatic heterocycles. The number of pyridine rings is 1. The summed E-state index contributed by atoms with van der Waals surface area (Å²) in [6.07, 6.45) is -4.56. The molecule has 0 aliphatic heterocycles. The molecule has 3 rings (SSSR count). The number of carbonyl (C=O) groups excluding carboxylic acids is 2. The first-order valence-corrected chi connectivity index (χ1v) is 8.36. The Balaban J connectivity index is 1.65. The average Bonchev–Trinajstić information content (AvgIpc) is 2.65. The number of fused-ring (bicyclic) bond motifs is 1. The van der Waals surface area contributed by atoms with Crippen LogP contribution in [0, 0.1) is 6.92 Å². The molecule has 144 valence electrons. The molecule has 0 aliphatic rings. The minimum atomic E-state index is -4.59. The van der Waals surface area contributed by atoms with Crippen molar-refractivity contribution in [1.29, 1.82) is 0 Å². The van der Waals surface area contributed by atoms with Crippen LogP contribution >= 0.6 is 0 Å². The van der Waals surface area contributed by atoms with E-state index in [2.05, 4.69) is 15.8 Å². The zero-order chi connectivity index (χ0) is 20.3. The Morgan fingerprint density at radius 2 is 1.68 bits per heavy atom. The number of nitrogens with one attached hydrogen (secondary N) is 2. The molecule has 28 heavy (non-hydrogen) atoms. The molecule has 0 bridgehead atoms. The van der Waals surface area contributed by atoms with Crippen LogP contribution in [0.25, 0.3) is 10.8 Å². The van der Waals surface area contributed by atoms with E-state index in [9.17, 15) is 22.8 Å². The van der Waals surface area contributed by atoms with Gasteiger partial charge in [-0.05, 0) is 35.4 Å². The van der Waals surface area contributed by atoms with Crippen molar-refractivity contribution in [2.75, 3.05) is 0 Å². The van der Waals surface area contributed by atoms with Gasteiger partial charge in [0.1, 0.15) is 5.69 Å². The van der Waals surface area contributed by atoms with Crippen molar-refractivity contribution in [2.24, 2.45) is 0 Å². The lowest BCUT2D eigenvalue weighted by Gasteiger charge is -2.12. The maximum absolute atomic E-state index is 12.7. The van der Waals surface area contributed by atoms with Crippen LogP contribution in [-0.4, -0.2) is 16.8 Å². The monoisotopic (exact) mass is 387 g/mol. The summed E-state index contributed by atoms with van der Waals surface area (Å²) >= 11 is 0. The van der Waals surface area contributed by atoms with Crippen LogP contribution in [-0.2, 0) is 17.4 Å². The van der Waals surface area contributed by atoms with Crippen LogP contribution in [0.15, 0.2) is 54.6 Å². The normalized spacial score (nSPS) is 11.3. The van der Waals surface area contributed by atoms with Crippen LogP contribution in [0.2, 0.25) is 0 Å². The number of aryl methyl sites for hydroxylation is 1. The number of rotatable bonds is 3. The minimum Gasteiger partial charge on any atom is -0.273 e. The molecule has 0 saturated carbocycles. The number of halogens is 3.